The van der Waals surface area contributed by atoms with Gasteiger partial charge in [-0.05, 0) is 43.1 Å². The van der Waals surface area contributed by atoms with Crippen molar-refractivity contribution in [3.8, 4) is 0 Å². The van der Waals surface area contributed by atoms with Crippen LogP contribution in [-0.4, -0.2) is 19.8 Å². The molecule has 0 atom stereocenters. The molecule has 3 rings (SSSR count). The first-order valence-electron chi connectivity index (χ1n) is 12.6. The average molecular weight is 488 g/mol. The molecule has 0 spiro atoms. The maximum Gasteiger partial charge on any atom is 0.290 e. The zero-order valence-electron chi connectivity index (χ0n) is 22.5. The van der Waals surface area contributed by atoms with Crippen LogP contribution in [0.2, 0.25) is 18.1 Å². The second kappa shape index (κ2) is 11.6. The number of hydrogen-bond acceptors (Lipinski definition) is 3. The van der Waals surface area contributed by atoms with Gasteiger partial charge in [-0.25, -0.2) is 0 Å². The van der Waals surface area contributed by atoms with Crippen LogP contribution in [0.25, 0.3) is 5.70 Å². The minimum absolute atomic E-state index is 0.0530. The van der Waals surface area contributed by atoms with Gasteiger partial charge in [0.2, 0.25) is 0 Å². The van der Waals surface area contributed by atoms with Crippen LogP contribution in [0.5, 0.6) is 0 Å². The van der Waals surface area contributed by atoms with E-state index >= 15 is 0 Å². The lowest BCUT2D eigenvalue weighted by Crippen LogP contribution is -2.41. The summed E-state index contributed by atoms with van der Waals surface area (Å²) in [4.78, 5) is 2.40. The lowest BCUT2D eigenvalue weighted by Gasteiger charge is -2.38. The topological polar surface area (TPSA) is 21.7 Å². The zero-order valence-corrected chi connectivity index (χ0v) is 23.5. The van der Waals surface area contributed by atoms with E-state index < -0.39 is 8.32 Å². The van der Waals surface area contributed by atoms with Gasteiger partial charge in [-0.15, -0.1) is 0 Å². The maximum atomic E-state index is 6.90. The summed E-state index contributed by atoms with van der Waals surface area (Å²) in [6.45, 7) is 17.5. The van der Waals surface area contributed by atoms with Gasteiger partial charge < -0.3 is 14.1 Å². The quantitative estimate of drug-likeness (QED) is 0.212. The van der Waals surface area contributed by atoms with Crippen molar-refractivity contribution in [3.63, 3.8) is 0 Å². The van der Waals surface area contributed by atoms with Crippen molar-refractivity contribution in [1.82, 2.24) is 4.90 Å². The molecule has 0 aliphatic carbocycles. The highest BCUT2D eigenvalue weighted by atomic mass is 28.4. The van der Waals surface area contributed by atoms with Crippen molar-refractivity contribution in [3.05, 3.63) is 113 Å². The van der Waals surface area contributed by atoms with Crippen molar-refractivity contribution in [2.24, 2.45) is 0 Å². The fourth-order valence-corrected chi connectivity index (χ4v) is 4.55. The molecule has 4 heteroatoms. The van der Waals surface area contributed by atoms with E-state index in [4.69, 9.17) is 9.16 Å². The van der Waals surface area contributed by atoms with Crippen molar-refractivity contribution in [2.45, 2.75) is 65.8 Å². The molecule has 3 aromatic rings. The number of hydrogen-bond donors (Lipinski definition) is 0. The van der Waals surface area contributed by atoms with E-state index in [0.29, 0.717) is 12.6 Å². The van der Waals surface area contributed by atoms with Gasteiger partial charge in [-0.2, -0.15) is 0 Å². The summed E-state index contributed by atoms with van der Waals surface area (Å²) in [6.07, 6.45) is 0. The van der Waals surface area contributed by atoms with E-state index in [1.807, 2.05) is 6.92 Å². The summed E-state index contributed by atoms with van der Waals surface area (Å²) in [5, 5.41) is 0.0530. The molecule has 0 bridgehead atoms. The molecule has 0 N–H and O–H groups in total. The van der Waals surface area contributed by atoms with Gasteiger partial charge >= 0.3 is 0 Å². The molecular formula is C31H41NO2Si. The molecule has 0 saturated carbocycles. The van der Waals surface area contributed by atoms with E-state index in [0.717, 1.165) is 24.4 Å². The summed E-state index contributed by atoms with van der Waals surface area (Å²) in [6, 6.07) is 29.9. The lowest BCUT2D eigenvalue weighted by molar-refractivity contribution is 0.103. The van der Waals surface area contributed by atoms with Crippen molar-refractivity contribution in [1.29, 1.82) is 0 Å². The van der Waals surface area contributed by atoms with Crippen LogP contribution in [0.1, 0.15) is 49.9 Å². The Morgan fingerprint density at radius 3 is 1.69 bits per heavy atom. The van der Waals surface area contributed by atoms with Crippen LogP contribution >= 0.6 is 0 Å². The van der Waals surface area contributed by atoms with E-state index in [9.17, 15) is 0 Å². The van der Waals surface area contributed by atoms with E-state index in [2.05, 4.69) is 131 Å². The third-order valence-corrected chi connectivity index (χ3v) is 11.0. The van der Waals surface area contributed by atoms with Crippen LogP contribution < -0.4 is 0 Å². The first-order chi connectivity index (χ1) is 16.6. The zero-order chi connectivity index (χ0) is 25.5. The Hall–Kier alpha value is -2.98. The summed E-state index contributed by atoms with van der Waals surface area (Å²) < 4.78 is 13.2. The normalized spacial score (nSPS) is 12.7. The Balaban J connectivity index is 2.20. The Kier molecular flexibility index (Phi) is 8.85. The highest BCUT2D eigenvalue weighted by Crippen LogP contribution is 2.40. The van der Waals surface area contributed by atoms with Crippen LogP contribution in [0.4, 0.5) is 0 Å². The molecule has 0 aliphatic rings. The van der Waals surface area contributed by atoms with Crippen molar-refractivity contribution < 1.29 is 9.16 Å². The highest BCUT2D eigenvalue weighted by molar-refractivity contribution is 6.74. The molecule has 0 heterocycles. The highest BCUT2D eigenvalue weighted by Gasteiger charge is 2.41. The molecule has 0 unspecified atom stereocenters. The second-order valence-corrected chi connectivity index (χ2v) is 15.3. The van der Waals surface area contributed by atoms with Crippen LogP contribution in [0, 0.1) is 6.92 Å². The van der Waals surface area contributed by atoms with Gasteiger partial charge in [0.25, 0.3) is 14.3 Å². The van der Waals surface area contributed by atoms with E-state index in [1.54, 1.807) is 0 Å². The standard InChI is InChI=1S/C31H41NO2Si/c1-8-33-30(34-35(6,7)31(3,4)5)29(28-21-19-25(2)20-22-28)32(23-26-15-11-9-12-16-26)24-27-17-13-10-14-18-27/h9-22H,8,23-24H2,1-7H3/b30-29+. The van der Waals surface area contributed by atoms with Crippen molar-refractivity contribution >= 4 is 14.0 Å². The largest absolute Gasteiger partial charge is 0.517 e. The minimum Gasteiger partial charge on any atom is -0.517 e. The first-order valence-corrected chi connectivity index (χ1v) is 15.5. The van der Waals surface area contributed by atoms with Crippen LogP contribution in [0.3, 0.4) is 0 Å². The van der Waals surface area contributed by atoms with Gasteiger partial charge in [0.1, 0.15) is 5.70 Å². The first kappa shape index (κ1) is 26.6. The Morgan fingerprint density at radius 1 is 0.771 bits per heavy atom. The third-order valence-electron chi connectivity index (χ3n) is 6.70. The molecule has 0 aliphatic heterocycles. The summed E-state index contributed by atoms with van der Waals surface area (Å²) >= 11 is 0. The van der Waals surface area contributed by atoms with E-state index in [-0.39, 0.29) is 5.04 Å². The molecule has 0 amide bonds. The predicted octanol–water partition coefficient (Wildman–Crippen LogP) is 8.38. The molecule has 35 heavy (non-hydrogen) atoms. The lowest BCUT2D eigenvalue weighted by atomic mass is 10.1. The minimum atomic E-state index is -2.15. The van der Waals surface area contributed by atoms with Gasteiger partial charge in [-0.1, -0.05) is 111 Å². The third kappa shape index (κ3) is 7.25. The number of ether oxygens (including phenoxy) is 1. The maximum absolute atomic E-state index is 6.90. The summed E-state index contributed by atoms with van der Waals surface area (Å²) in [7, 11) is -2.15. The van der Waals surface area contributed by atoms with Crippen LogP contribution in [-0.2, 0) is 22.3 Å². The summed E-state index contributed by atoms with van der Waals surface area (Å²) in [5.41, 5.74) is 5.83. The van der Waals surface area contributed by atoms with Crippen LogP contribution in [0.15, 0.2) is 90.9 Å². The number of benzene rings is 3. The fraction of sp³-hybridized carbons (Fsp3) is 0.355. The Morgan fingerprint density at radius 2 is 1.26 bits per heavy atom. The molecule has 0 radical (unpaired) electrons. The second-order valence-electron chi connectivity index (χ2n) is 10.6. The molecule has 0 saturated heterocycles. The SMILES string of the molecule is CCO/C(O[Si](C)(C)C(C)(C)C)=C(/c1ccc(C)cc1)N(Cc1ccccc1)Cc1ccccc1. The molecule has 186 valence electrons. The van der Waals surface area contributed by atoms with E-state index in [1.165, 1.54) is 16.7 Å². The molecule has 0 aromatic heterocycles. The summed E-state index contributed by atoms with van der Waals surface area (Å²) in [5.74, 6) is 0.634. The van der Waals surface area contributed by atoms with Gasteiger partial charge in [0.15, 0.2) is 0 Å². The Bertz CT molecular complexity index is 1040. The molecule has 3 aromatic carbocycles. The fourth-order valence-electron chi connectivity index (χ4n) is 3.62. The van der Waals surface area contributed by atoms with Gasteiger partial charge in [0, 0.05) is 18.7 Å². The number of nitrogens with zero attached hydrogens (tertiary/aromatic N) is 1. The average Bonchev–Trinajstić information content (AvgIpc) is 2.81. The van der Waals surface area contributed by atoms with Crippen molar-refractivity contribution in [2.75, 3.05) is 6.61 Å². The monoisotopic (exact) mass is 487 g/mol. The molecule has 0 fully saturated rings. The molecular weight excluding hydrogens is 446 g/mol. The Labute approximate surface area is 213 Å². The van der Waals surface area contributed by atoms with Gasteiger partial charge in [-0.3, -0.25) is 0 Å². The number of aryl methyl sites for hydroxylation is 1. The predicted molar refractivity (Wildman–Crippen MR) is 150 cm³/mol. The molecule has 3 nitrogen and oxygen atoms in total. The van der Waals surface area contributed by atoms with Gasteiger partial charge in [0.05, 0.1) is 6.61 Å². The number of rotatable bonds is 10. The smallest absolute Gasteiger partial charge is 0.290 e.